The minimum Gasteiger partial charge on any atom is -0.379 e. The molecular formula is C32H28N2O6S. The topological polar surface area (TPSA) is 119 Å². The number of allylic oxidation sites excluding steroid dienone is 3. The number of fused-ring (bicyclic) bond motifs is 2. The second kappa shape index (κ2) is 9.55. The molecule has 1 atom stereocenters. The van der Waals surface area contributed by atoms with Gasteiger partial charge in [-0.15, -0.1) is 0 Å². The molecular weight excluding hydrogens is 540 g/mol. The van der Waals surface area contributed by atoms with E-state index in [1.165, 1.54) is 43.3 Å². The van der Waals surface area contributed by atoms with Crippen LogP contribution in [0, 0.1) is 5.41 Å². The first kappa shape index (κ1) is 26.7. The Morgan fingerprint density at radius 2 is 1.56 bits per heavy atom. The molecule has 0 bridgehead atoms. The number of hydrogen-bond donors (Lipinski definition) is 2. The van der Waals surface area contributed by atoms with Crippen LogP contribution in [0.3, 0.4) is 0 Å². The molecule has 0 spiro atoms. The van der Waals surface area contributed by atoms with E-state index in [9.17, 15) is 22.8 Å². The van der Waals surface area contributed by atoms with E-state index < -0.39 is 16.0 Å². The van der Waals surface area contributed by atoms with Crippen molar-refractivity contribution >= 4 is 39.0 Å². The van der Waals surface area contributed by atoms with Crippen LogP contribution in [0.25, 0.3) is 5.70 Å². The van der Waals surface area contributed by atoms with E-state index in [0.717, 1.165) is 17.0 Å². The van der Waals surface area contributed by atoms with Gasteiger partial charge in [-0.1, -0.05) is 50.2 Å². The second-order valence-electron chi connectivity index (χ2n) is 11.4. The summed E-state index contributed by atoms with van der Waals surface area (Å²) in [5.41, 5.74) is 5.02. The van der Waals surface area contributed by atoms with Crippen molar-refractivity contribution in [3.8, 4) is 5.75 Å². The maximum Gasteiger partial charge on any atom is 0.339 e. The van der Waals surface area contributed by atoms with Crippen molar-refractivity contribution in [3.05, 3.63) is 106 Å². The number of benzene rings is 3. The Bertz CT molecular complexity index is 1800. The summed E-state index contributed by atoms with van der Waals surface area (Å²) in [5, 5.41) is 6.04. The number of carbonyl (C=O) groups excluding carboxylic acids is 3. The Morgan fingerprint density at radius 3 is 2.22 bits per heavy atom. The standard InChI is InChI=1S/C32H28N2O6S/c1-18(35)33-20-10-14-22(15-11-20)41(38,39)40-21-12-8-19(9-13-21)27-28-25(16-32(2,3)17-26(28)36)34-30-23-6-4-5-7-24(23)31(37)29(27)30/h4-15,27,34H,16-17H2,1-3H3,(H,33,35)/t27-/m0/s1. The number of anilines is 1. The van der Waals surface area contributed by atoms with Gasteiger partial charge in [-0.3, -0.25) is 14.4 Å². The molecule has 3 aliphatic rings. The predicted octanol–water partition coefficient (Wildman–Crippen LogP) is 5.35. The number of dihydropyridines is 1. The largest absolute Gasteiger partial charge is 0.379 e. The van der Waals surface area contributed by atoms with E-state index in [0.29, 0.717) is 40.8 Å². The third-order valence-corrected chi connectivity index (χ3v) is 8.87. The van der Waals surface area contributed by atoms with Crippen LogP contribution in [0.1, 0.15) is 61.0 Å². The van der Waals surface area contributed by atoms with Gasteiger partial charge in [0.1, 0.15) is 10.6 Å². The maximum absolute atomic E-state index is 13.7. The lowest BCUT2D eigenvalue weighted by Crippen LogP contribution is -2.37. The van der Waals surface area contributed by atoms with Crippen molar-refractivity contribution < 1.29 is 27.0 Å². The van der Waals surface area contributed by atoms with Crippen LogP contribution in [0.2, 0.25) is 0 Å². The average Bonchev–Trinajstić information content (AvgIpc) is 3.19. The Morgan fingerprint density at radius 1 is 0.902 bits per heavy atom. The van der Waals surface area contributed by atoms with Crippen LogP contribution in [0.5, 0.6) is 5.75 Å². The van der Waals surface area contributed by atoms with Crippen molar-refractivity contribution in [3.63, 3.8) is 0 Å². The number of nitrogens with one attached hydrogen (secondary N) is 2. The second-order valence-corrected chi connectivity index (χ2v) is 12.9. The summed E-state index contributed by atoms with van der Waals surface area (Å²) in [6, 6.07) is 19.6. The van der Waals surface area contributed by atoms with E-state index >= 15 is 0 Å². The molecule has 208 valence electrons. The molecule has 0 aromatic heterocycles. The number of amides is 1. The fourth-order valence-corrected chi connectivity index (χ4v) is 6.85. The summed E-state index contributed by atoms with van der Waals surface area (Å²) in [6.45, 7) is 5.48. The summed E-state index contributed by atoms with van der Waals surface area (Å²) in [4.78, 5) is 38.4. The molecule has 0 fully saturated rings. The molecule has 1 heterocycles. The highest BCUT2D eigenvalue weighted by Gasteiger charge is 2.46. The predicted molar refractivity (Wildman–Crippen MR) is 154 cm³/mol. The third-order valence-electron chi connectivity index (χ3n) is 7.61. The normalized spacial score (nSPS) is 19.2. The van der Waals surface area contributed by atoms with Gasteiger partial charge in [-0.25, -0.2) is 0 Å². The van der Waals surface area contributed by atoms with E-state index in [-0.39, 0.29) is 33.5 Å². The number of Topliss-reactive ketones (excluding diaryl/α,β-unsaturated/α-hetero) is 2. The fraction of sp³-hybridized carbons (Fsp3) is 0.219. The van der Waals surface area contributed by atoms with Gasteiger partial charge in [0.2, 0.25) is 5.91 Å². The zero-order valence-electron chi connectivity index (χ0n) is 22.8. The van der Waals surface area contributed by atoms with Crippen molar-refractivity contribution in [2.24, 2.45) is 5.41 Å². The van der Waals surface area contributed by atoms with E-state index in [4.69, 9.17) is 4.18 Å². The smallest absolute Gasteiger partial charge is 0.339 e. The Labute approximate surface area is 238 Å². The SMILES string of the molecule is CC(=O)Nc1ccc(S(=O)(=O)Oc2ccc([C@H]3C4=C(CC(C)(C)CC4=O)NC4=C3C(=O)c3ccccc34)cc2)cc1. The van der Waals surface area contributed by atoms with Gasteiger partial charge in [0.25, 0.3) is 0 Å². The quantitative estimate of drug-likeness (QED) is 0.398. The molecule has 6 rings (SSSR count). The van der Waals surface area contributed by atoms with Gasteiger partial charge in [0, 0.05) is 52.9 Å². The van der Waals surface area contributed by atoms with Gasteiger partial charge >= 0.3 is 10.1 Å². The lowest BCUT2D eigenvalue weighted by molar-refractivity contribution is -0.118. The molecule has 1 aliphatic heterocycles. The molecule has 0 radical (unpaired) electrons. The lowest BCUT2D eigenvalue weighted by atomic mass is 9.68. The Kier molecular flexibility index (Phi) is 6.22. The van der Waals surface area contributed by atoms with Crippen molar-refractivity contribution in [2.45, 2.75) is 44.4 Å². The molecule has 41 heavy (non-hydrogen) atoms. The molecule has 1 amide bonds. The van der Waals surface area contributed by atoms with E-state index in [1.807, 2.05) is 18.2 Å². The van der Waals surface area contributed by atoms with Crippen LogP contribution in [0.15, 0.2) is 94.5 Å². The van der Waals surface area contributed by atoms with E-state index in [2.05, 4.69) is 24.5 Å². The number of carbonyl (C=O) groups is 3. The van der Waals surface area contributed by atoms with Crippen molar-refractivity contribution in [1.82, 2.24) is 5.32 Å². The first-order chi connectivity index (χ1) is 19.4. The van der Waals surface area contributed by atoms with Gasteiger partial charge in [0.15, 0.2) is 11.6 Å². The van der Waals surface area contributed by atoms with Crippen molar-refractivity contribution in [2.75, 3.05) is 5.32 Å². The fourth-order valence-electron chi connectivity index (χ4n) is 5.92. The molecule has 3 aromatic carbocycles. The van der Waals surface area contributed by atoms with Gasteiger partial charge < -0.3 is 14.8 Å². The third kappa shape index (κ3) is 4.76. The summed E-state index contributed by atoms with van der Waals surface area (Å²) in [5.74, 6) is -0.887. The Balaban J connectivity index is 1.35. The highest BCUT2D eigenvalue weighted by atomic mass is 32.2. The molecule has 0 unspecified atom stereocenters. The zero-order chi connectivity index (χ0) is 29.1. The molecule has 2 N–H and O–H groups in total. The number of ketones is 2. The summed E-state index contributed by atoms with van der Waals surface area (Å²) < 4.78 is 31.2. The van der Waals surface area contributed by atoms with Crippen LogP contribution in [-0.2, 0) is 19.7 Å². The molecule has 0 saturated heterocycles. The number of rotatable bonds is 5. The zero-order valence-corrected chi connectivity index (χ0v) is 23.6. The minimum absolute atomic E-state index is 0.00494. The van der Waals surface area contributed by atoms with Gasteiger partial charge in [-0.2, -0.15) is 8.42 Å². The maximum atomic E-state index is 13.7. The van der Waals surface area contributed by atoms with Crippen LogP contribution >= 0.6 is 0 Å². The molecule has 2 aliphatic carbocycles. The molecule has 3 aromatic rings. The van der Waals surface area contributed by atoms with E-state index in [1.54, 1.807) is 18.2 Å². The molecule has 0 saturated carbocycles. The summed E-state index contributed by atoms with van der Waals surface area (Å²) >= 11 is 0. The van der Waals surface area contributed by atoms with Crippen LogP contribution in [-0.4, -0.2) is 25.9 Å². The Hall–Kier alpha value is -4.50. The first-order valence-corrected chi connectivity index (χ1v) is 14.7. The van der Waals surface area contributed by atoms with Crippen LogP contribution in [0.4, 0.5) is 5.69 Å². The van der Waals surface area contributed by atoms with Crippen LogP contribution < -0.4 is 14.8 Å². The monoisotopic (exact) mass is 568 g/mol. The van der Waals surface area contributed by atoms with Gasteiger partial charge in [0.05, 0.1) is 5.70 Å². The first-order valence-electron chi connectivity index (χ1n) is 13.3. The summed E-state index contributed by atoms with van der Waals surface area (Å²) in [6.07, 6.45) is 1.03. The number of hydrogen-bond acceptors (Lipinski definition) is 7. The highest BCUT2D eigenvalue weighted by Crippen LogP contribution is 2.51. The van der Waals surface area contributed by atoms with Crippen molar-refractivity contribution in [1.29, 1.82) is 0 Å². The highest BCUT2D eigenvalue weighted by molar-refractivity contribution is 7.87. The van der Waals surface area contributed by atoms with Gasteiger partial charge in [-0.05, 0) is 53.8 Å². The minimum atomic E-state index is -4.15. The summed E-state index contributed by atoms with van der Waals surface area (Å²) in [7, 11) is -4.15. The molecule has 8 nitrogen and oxygen atoms in total. The lowest BCUT2D eigenvalue weighted by Gasteiger charge is -2.39. The molecule has 9 heteroatoms. The average molecular weight is 569 g/mol.